The summed E-state index contributed by atoms with van der Waals surface area (Å²) in [5, 5.41) is 0. The average molecular weight is 170 g/mol. The lowest BCUT2D eigenvalue weighted by Gasteiger charge is -2.30. The van der Waals surface area contributed by atoms with Crippen molar-refractivity contribution in [2.75, 3.05) is 13.1 Å². The third-order valence-corrected chi connectivity index (χ3v) is 2.27. The van der Waals surface area contributed by atoms with E-state index in [2.05, 4.69) is 0 Å². The van der Waals surface area contributed by atoms with Gasteiger partial charge in [0.25, 0.3) is 0 Å². The van der Waals surface area contributed by atoms with E-state index < -0.39 is 0 Å². The Morgan fingerprint density at radius 1 is 1.67 bits per heavy atom. The monoisotopic (exact) mass is 170 g/mol. The molecular weight excluding hydrogens is 152 g/mol. The summed E-state index contributed by atoms with van der Waals surface area (Å²) in [5.41, 5.74) is 5.77. The number of rotatable bonds is 2. The second kappa shape index (κ2) is 4.45. The fraction of sp³-hybridized carbons (Fsp3) is 0.889. The summed E-state index contributed by atoms with van der Waals surface area (Å²) in [6.07, 6.45) is 3.74. The van der Waals surface area contributed by atoms with Crippen molar-refractivity contribution < 1.29 is 4.79 Å². The molecule has 1 heterocycles. The molecule has 1 saturated heterocycles. The maximum absolute atomic E-state index is 11.4. The molecule has 0 spiro atoms. The summed E-state index contributed by atoms with van der Waals surface area (Å²) < 4.78 is 0. The predicted octanol–water partition coefficient (Wildman–Crippen LogP) is 0.736. The Morgan fingerprint density at radius 2 is 2.42 bits per heavy atom. The molecule has 0 aliphatic carbocycles. The summed E-state index contributed by atoms with van der Waals surface area (Å²) in [6.45, 7) is 3.70. The standard InChI is InChI=1S/C9H18N2O/c1-2-4-9(12)11-6-3-5-8(10)7-11/h8H,2-7,10H2,1H3. The highest BCUT2D eigenvalue weighted by Crippen LogP contribution is 2.09. The van der Waals surface area contributed by atoms with Crippen molar-refractivity contribution in [2.24, 2.45) is 5.73 Å². The van der Waals surface area contributed by atoms with E-state index in [1.165, 1.54) is 0 Å². The van der Waals surface area contributed by atoms with E-state index in [-0.39, 0.29) is 11.9 Å². The number of carbonyl (C=O) groups excluding carboxylic acids is 1. The summed E-state index contributed by atoms with van der Waals surface area (Å²) in [7, 11) is 0. The number of carbonyl (C=O) groups is 1. The van der Waals surface area contributed by atoms with Crippen molar-refractivity contribution in [3.8, 4) is 0 Å². The maximum Gasteiger partial charge on any atom is 0.222 e. The number of nitrogens with two attached hydrogens (primary N) is 1. The van der Waals surface area contributed by atoms with Gasteiger partial charge < -0.3 is 10.6 Å². The van der Waals surface area contributed by atoms with Crippen LogP contribution in [0, 0.1) is 0 Å². The summed E-state index contributed by atoms with van der Waals surface area (Å²) in [5.74, 6) is 0.271. The Morgan fingerprint density at radius 3 is 3.00 bits per heavy atom. The van der Waals surface area contributed by atoms with Crippen molar-refractivity contribution >= 4 is 5.91 Å². The van der Waals surface area contributed by atoms with Gasteiger partial charge in [-0.2, -0.15) is 0 Å². The van der Waals surface area contributed by atoms with Crippen molar-refractivity contribution in [3.05, 3.63) is 0 Å². The van der Waals surface area contributed by atoms with Crippen molar-refractivity contribution in [1.29, 1.82) is 0 Å². The number of likely N-dealkylation sites (tertiary alicyclic amines) is 1. The van der Waals surface area contributed by atoms with Crippen LogP contribution in [-0.4, -0.2) is 29.9 Å². The first-order valence-corrected chi connectivity index (χ1v) is 4.77. The highest BCUT2D eigenvalue weighted by molar-refractivity contribution is 5.76. The van der Waals surface area contributed by atoms with Gasteiger partial charge in [-0.1, -0.05) is 6.92 Å². The lowest BCUT2D eigenvalue weighted by molar-refractivity contribution is -0.132. The minimum Gasteiger partial charge on any atom is -0.341 e. The molecule has 70 valence electrons. The predicted molar refractivity (Wildman–Crippen MR) is 48.7 cm³/mol. The fourth-order valence-corrected chi connectivity index (χ4v) is 1.61. The molecule has 0 bridgehead atoms. The molecule has 1 fully saturated rings. The van der Waals surface area contributed by atoms with Crippen LogP contribution < -0.4 is 5.73 Å². The number of nitrogens with zero attached hydrogens (tertiary/aromatic N) is 1. The van der Waals surface area contributed by atoms with Crippen molar-refractivity contribution in [3.63, 3.8) is 0 Å². The zero-order valence-electron chi connectivity index (χ0n) is 7.75. The molecule has 3 heteroatoms. The number of amides is 1. The van der Waals surface area contributed by atoms with E-state index in [0.717, 1.165) is 32.4 Å². The third-order valence-electron chi connectivity index (χ3n) is 2.27. The molecule has 1 amide bonds. The second-order valence-electron chi connectivity index (χ2n) is 3.49. The molecule has 0 aromatic rings. The van der Waals surface area contributed by atoms with Crippen LogP contribution in [0.15, 0.2) is 0 Å². The largest absolute Gasteiger partial charge is 0.341 e. The Bertz CT molecular complexity index is 159. The normalized spacial score (nSPS) is 24.2. The summed E-state index contributed by atoms with van der Waals surface area (Å²) in [6, 6.07) is 0.208. The summed E-state index contributed by atoms with van der Waals surface area (Å²) >= 11 is 0. The van der Waals surface area contributed by atoms with E-state index in [9.17, 15) is 4.79 Å². The van der Waals surface area contributed by atoms with Gasteiger partial charge in [0.15, 0.2) is 0 Å². The molecule has 1 unspecified atom stereocenters. The fourth-order valence-electron chi connectivity index (χ4n) is 1.61. The topological polar surface area (TPSA) is 46.3 Å². The third kappa shape index (κ3) is 2.48. The number of hydrogen-bond donors (Lipinski definition) is 1. The first kappa shape index (κ1) is 9.52. The Balaban J connectivity index is 2.35. The minimum atomic E-state index is 0.208. The zero-order valence-corrected chi connectivity index (χ0v) is 7.75. The Kier molecular flexibility index (Phi) is 3.53. The second-order valence-corrected chi connectivity index (χ2v) is 3.49. The quantitative estimate of drug-likeness (QED) is 0.664. The van der Waals surface area contributed by atoms with Crippen LogP contribution in [0.3, 0.4) is 0 Å². The first-order chi connectivity index (χ1) is 5.74. The number of piperidine rings is 1. The van der Waals surface area contributed by atoms with Gasteiger partial charge in [0, 0.05) is 25.6 Å². The molecular formula is C9H18N2O. The van der Waals surface area contributed by atoms with Gasteiger partial charge in [0.2, 0.25) is 5.91 Å². The Labute approximate surface area is 73.9 Å². The molecule has 1 aliphatic rings. The highest BCUT2D eigenvalue weighted by Gasteiger charge is 2.19. The SMILES string of the molecule is CCCC(=O)N1CCCC(N)C1. The van der Waals surface area contributed by atoms with Gasteiger partial charge in [-0.15, -0.1) is 0 Å². The van der Waals surface area contributed by atoms with E-state index in [1.54, 1.807) is 0 Å². The first-order valence-electron chi connectivity index (χ1n) is 4.77. The molecule has 1 atom stereocenters. The van der Waals surface area contributed by atoms with Crippen molar-refractivity contribution in [1.82, 2.24) is 4.90 Å². The lowest BCUT2D eigenvalue weighted by Crippen LogP contribution is -2.45. The van der Waals surface area contributed by atoms with E-state index >= 15 is 0 Å². The van der Waals surface area contributed by atoms with Crippen LogP contribution in [-0.2, 0) is 4.79 Å². The van der Waals surface area contributed by atoms with Crippen LogP contribution in [0.1, 0.15) is 32.6 Å². The smallest absolute Gasteiger partial charge is 0.222 e. The van der Waals surface area contributed by atoms with Gasteiger partial charge in [-0.3, -0.25) is 4.79 Å². The van der Waals surface area contributed by atoms with Crippen LogP contribution >= 0.6 is 0 Å². The van der Waals surface area contributed by atoms with Crippen LogP contribution in [0.4, 0.5) is 0 Å². The highest BCUT2D eigenvalue weighted by atomic mass is 16.2. The van der Waals surface area contributed by atoms with Gasteiger partial charge in [0.05, 0.1) is 0 Å². The molecule has 0 aromatic heterocycles. The van der Waals surface area contributed by atoms with Crippen LogP contribution in [0.25, 0.3) is 0 Å². The van der Waals surface area contributed by atoms with Gasteiger partial charge in [-0.05, 0) is 19.3 Å². The minimum absolute atomic E-state index is 0.208. The van der Waals surface area contributed by atoms with E-state index in [4.69, 9.17) is 5.73 Å². The van der Waals surface area contributed by atoms with Crippen molar-refractivity contribution in [2.45, 2.75) is 38.6 Å². The number of hydrogen-bond acceptors (Lipinski definition) is 2. The van der Waals surface area contributed by atoms with E-state index in [0.29, 0.717) is 6.42 Å². The molecule has 0 radical (unpaired) electrons. The van der Waals surface area contributed by atoms with Crippen LogP contribution in [0.2, 0.25) is 0 Å². The van der Waals surface area contributed by atoms with E-state index in [1.807, 2.05) is 11.8 Å². The molecule has 1 aliphatic heterocycles. The molecule has 2 N–H and O–H groups in total. The summed E-state index contributed by atoms with van der Waals surface area (Å²) in [4.78, 5) is 13.3. The van der Waals surface area contributed by atoms with Gasteiger partial charge >= 0.3 is 0 Å². The zero-order chi connectivity index (χ0) is 8.97. The van der Waals surface area contributed by atoms with Gasteiger partial charge in [0.1, 0.15) is 0 Å². The lowest BCUT2D eigenvalue weighted by atomic mass is 10.1. The maximum atomic E-state index is 11.4. The Hall–Kier alpha value is -0.570. The average Bonchev–Trinajstić information content (AvgIpc) is 2.05. The molecule has 12 heavy (non-hydrogen) atoms. The molecule has 3 nitrogen and oxygen atoms in total. The molecule has 0 saturated carbocycles. The van der Waals surface area contributed by atoms with Gasteiger partial charge in [-0.25, -0.2) is 0 Å². The molecule has 1 rings (SSSR count). The van der Waals surface area contributed by atoms with Crippen LogP contribution in [0.5, 0.6) is 0 Å². The molecule has 0 aromatic carbocycles.